The van der Waals surface area contributed by atoms with Gasteiger partial charge in [-0.1, -0.05) is 23.7 Å². The van der Waals surface area contributed by atoms with E-state index in [9.17, 15) is 9.59 Å². The van der Waals surface area contributed by atoms with Crippen molar-refractivity contribution in [3.8, 4) is 0 Å². The topological polar surface area (TPSA) is 43.4 Å². The van der Waals surface area contributed by atoms with Crippen molar-refractivity contribution in [2.24, 2.45) is 0 Å². The summed E-state index contributed by atoms with van der Waals surface area (Å²) in [5.41, 5.74) is 0.356. The number of Topliss-reactive ketones (excluding diaryl/α,β-unsaturated/α-hetero) is 1. The fourth-order valence-corrected chi connectivity index (χ4v) is 1.81. The molecule has 0 bridgehead atoms. The first-order valence-electron chi connectivity index (χ1n) is 6.24. The molecule has 0 saturated heterocycles. The van der Waals surface area contributed by atoms with Crippen LogP contribution in [0.4, 0.5) is 0 Å². The maximum atomic E-state index is 11.7. The predicted octanol–water partition coefficient (Wildman–Crippen LogP) is 3.57. The van der Waals surface area contributed by atoms with Crippen LogP contribution in [-0.2, 0) is 20.7 Å². The minimum Gasteiger partial charge on any atom is -0.460 e. The Balaban J connectivity index is 2.38. The summed E-state index contributed by atoms with van der Waals surface area (Å²) in [6, 6.07) is 7.17. The van der Waals surface area contributed by atoms with Crippen molar-refractivity contribution in [3.05, 3.63) is 34.9 Å². The van der Waals surface area contributed by atoms with E-state index >= 15 is 0 Å². The van der Waals surface area contributed by atoms with Crippen LogP contribution in [0.1, 0.15) is 39.2 Å². The second-order valence-corrected chi connectivity index (χ2v) is 5.87. The van der Waals surface area contributed by atoms with Gasteiger partial charge in [0.05, 0.1) is 6.42 Å². The van der Waals surface area contributed by atoms with Crippen LogP contribution < -0.4 is 0 Å². The van der Waals surface area contributed by atoms with Gasteiger partial charge in [-0.2, -0.15) is 0 Å². The molecule has 0 amide bonds. The highest BCUT2D eigenvalue weighted by Gasteiger charge is 2.17. The van der Waals surface area contributed by atoms with Gasteiger partial charge >= 0.3 is 5.97 Å². The molecule has 0 spiro atoms. The number of benzene rings is 1. The highest BCUT2D eigenvalue weighted by atomic mass is 35.5. The number of esters is 1. The Kier molecular flexibility index (Phi) is 5.55. The average molecular weight is 283 g/mol. The Labute approximate surface area is 118 Å². The standard InChI is InChI=1S/C15H19ClO3/c1-15(2,3)19-14(18)8-7-13(17)10-11-5-4-6-12(16)9-11/h4-6,9H,7-8,10H2,1-3H3. The van der Waals surface area contributed by atoms with Crippen molar-refractivity contribution >= 4 is 23.4 Å². The minimum atomic E-state index is -0.507. The molecule has 19 heavy (non-hydrogen) atoms. The summed E-state index contributed by atoms with van der Waals surface area (Å²) in [4.78, 5) is 23.2. The number of halogens is 1. The molecule has 0 radical (unpaired) electrons. The van der Waals surface area contributed by atoms with Gasteiger partial charge in [0.1, 0.15) is 11.4 Å². The van der Waals surface area contributed by atoms with Crippen LogP contribution in [0.2, 0.25) is 5.02 Å². The van der Waals surface area contributed by atoms with Crippen molar-refractivity contribution in [1.29, 1.82) is 0 Å². The molecule has 0 aromatic heterocycles. The normalized spacial score (nSPS) is 11.2. The van der Waals surface area contributed by atoms with Gasteiger partial charge in [-0.3, -0.25) is 9.59 Å². The molecule has 104 valence electrons. The molecule has 0 aliphatic rings. The van der Waals surface area contributed by atoms with Crippen molar-refractivity contribution in [3.63, 3.8) is 0 Å². The molecular formula is C15H19ClO3. The summed E-state index contributed by atoms with van der Waals surface area (Å²) >= 11 is 5.84. The Morgan fingerprint density at radius 3 is 2.47 bits per heavy atom. The zero-order chi connectivity index (χ0) is 14.5. The molecule has 0 heterocycles. The summed E-state index contributed by atoms with van der Waals surface area (Å²) in [7, 11) is 0. The first-order valence-corrected chi connectivity index (χ1v) is 6.62. The highest BCUT2D eigenvalue weighted by molar-refractivity contribution is 6.30. The van der Waals surface area contributed by atoms with Crippen molar-refractivity contribution in [2.75, 3.05) is 0 Å². The second kappa shape index (κ2) is 6.71. The van der Waals surface area contributed by atoms with Crippen molar-refractivity contribution < 1.29 is 14.3 Å². The van der Waals surface area contributed by atoms with E-state index in [1.807, 2.05) is 6.07 Å². The lowest BCUT2D eigenvalue weighted by Crippen LogP contribution is -2.24. The molecule has 0 N–H and O–H groups in total. The summed E-state index contributed by atoms with van der Waals surface area (Å²) in [6.07, 6.45) is 0.613. The van der Waals surface area contributed by atoms with E-state index in [0.29, 0.717) is 11.4 Å². The van der Waals surface area contributed by atoms with Gasteiger partial charge in [0.15, 0.2) is 0 Å². The van der Waals surface area contributed by atoms with Crippen LogP contribution in [0.15, 0.2) is 24.3 Å². The van der Waals surface area contributed by atoms with Crippen LogP contribution in [0.5, 0.6) is 0 Å². The minimum absolute atomic E-state index is 0.00752. The zero-order valence-corrected chi connectivity index (χ0v) is 12.3. The summed E-state index contributed by atoms with van der Waals surface area (Å²) in [5, 5.41) is 0.609. The average Bonchev–Trinajstić information content (AvgIpc) is 2.24. The summed E-state index contributed by atoms with van der Waals surface area (Å²) in [6.45, 7) is 5.41. The van der Waals surface area contributed by atoms with E-state index in [2.05, 4.69) is 0 Å². The third-order valence-electron chi connectivity index (χ3n) is 2.32. The number of carbonyl (C=O) groups excluding carboxylic acids is 2. The van der Waals surface area contributed by atoms with Gasteiger partial charge in [-0.05, 0) is 38.5 Å². The molecule has 1 aromatic carbocycles. The molecule has 0 saturated carbocycles. The number of ether oxygens (including phenoxy) is 1. The van der Waals surface area contributed by atoms with Crippen LogP contribution in [0, 0.1) is 0 Å². The number of hydrogen-bond donors (Lipinski definition) is 0. The predicted molar refractivity (Wildman–Crippen MR) is 75.2 cm³/mol. The summed E-state index contributed by atoms with van der Waals surface area (Å²) < 4.78 is 5.15. The van der Waals surface area contributed by atoms with Crippen LogP contribution in [-0.4, -0.2) is 17.4 Å². The van der Waals surface area contributed by atoms with E-state index < -0.39 is 5.60 Å². The molecule has 0 aliphatic heterocycles. The molecule has 3 nitrogen and oxygen atoms in total. The molecule has 0 atom stereocenters. The molecule has 4 heteroatoms. The van der Waals surface area contributed by atoms with E-state index in [1.165, 1.54) is 0 Å². The van der Waals surface area contributed by atoms with Crippen LogP contribution in [0.25, 0.3) is 0 Å². The summed E-state index contributed by atoms with van der Waals surface area (Å²) in [5.74, 6) is -0.333. The maximum absolute atomic E-state index is 11.7. The molecule has 1 rings (SSSR count). The van der Waals surface area contributed by atoms with Crippen molar-refractivity contribution in [2.45, 2.75) is 45.6 Å². The third kappa shape index (κ3) is 6.97. The van der Waals surface area contributed by atoms with E-state index in [0.717, 1.165) is 5.56 Å². The number of rotatable bonds is 5. The Bertz CT molecular complexity index is 461. The Morgan fingerprint density at radius 1 is 1.21 bits per heavy atom. The molecule has 0 fully saturated rings. The largest absolute Gasteiger partial charge is 0.460 e. The lowest BCUT2D eigenvalue weighted by molar-refractivity contribution is -0.155. The highest BCUT2D eigenvalue weighted by Crippen LogP contribution is 2.13. The Morgan fingerprint density at radius 2 is 1.89 bits per heavy atom. The molecular weight excluding hydrogens is 264 g/mol. The Hall–Kier alpha value is -1.35. The first kappa shape index (κ1) is 15.7. The zero-order valence-electron chi connectivity index (χ0n) is 11.5. The third-order valence-corrected chi connectivity index (χ3v) is 2.55. The van der Waals surface area contributed by atoms with E-state index in [1.54, 1.807) is 39.0 Å². The van der Waals surface area contributed by atoms with E-state index in [-0.39, 0.29) is 24.6 Å². The quantitative estimate of drug-likeness (QED) is 0.776. The van der Waals surface area contributed by atoms with Gasteiger partial charge in [0.25, 0.3) is 0 Å². The first-order chi connectivity index (χ1) is 8.76. The lowest BCUT2D eigenvalue weighted by atomic mass is 10.1. The fourth-order valence-electron chi connectivity index (χ4n) is 1.60. The van der Waals surface area contributed by atoms with Crippen LogP contribution in [0.3, 0.4) is 0 Å². The van der Waals surface area contributed by atoms with Gasteiger partial charge in [-0.15, -0.1) is 0 Å². The van der Waals surface area contributed by atoms with Gasteiger partial charge in [-0.25, -0.2) is 0 Å². The molecule has 0 aliphatic carbocycles. The van der Waals surface area contributed by atoms with Crippen LogP contribution >= 0.6 is 11.6 Å². The van der Waals surface area contributed by atoms with E-state index in [4.69, 9.17) is 16.3 Å². The van der Waals surface area contributed by atoms with Gasteiger partial charge in [0.2, 0.25) is 0 Å². The number of carbonyl (C=O) groups is 2. The van der Waals surface area contributed by atoms with Crippen molar-refractivity contribution in [1.82, 2.24) is 0 Å². The fraction of sp³-hybridized carbons (Fsp3) is 0.467. The number of hydrogen-bond acceptors (Lipinski definition) is 3. The van der Waals surface area contributed by atoms with Gasteiger partial charge < -0.3 is 4.74 Å². The second-order valence-electron chi connectivity index (χ2n) is 5.43. The number of ketones is 1. The monoisotopic (exact) mass is 282 g/mol. The maximum Gasteiger partial charge on any atom is 0.306 e. The molecule has 1 aromatic rings. The smallest absolute Gasteiger partial charge is 0.306 e. The lowest BCUT2D eigenvalue weighted by Gasteiger charge is -2.19. The SMILES string of the molecule is CC(C)(C)OC(=O)CCC(=O)Cc1cccc(Cl)c1. The van der Waals surface area contributed by atoms with Gasteiger partial charge in [0, 0.05) is 17.9 Å². The molecule has 0 unspecified atom stereocenters.